The summed E-state index contributed by atoms with van der Waals surface area (Å²) in [6.07, 6.45) is 3.42. The number of hydrogen-bond donors (Lipinski definition) is 0. The summed E-state index contributed by atoms with van der Waals surface area (Å²) in [6, 6.07) is 1.93. The molecule has 0 radical (unpaired) electrons. The van der Waals surface area contributed by atoms with Gasteiger partial charge in [0.05, 0.1) is 16.6 Å². The molecule has 1 aliphatic rings. The first-order chi connectivity index (χ1) is 5.95. The van der Waals surface area contributed by atoms with Crippen LogP contribution in [0.25, 0.3) is 10.9 Å². The standard InChI is InChI=1S/C8H5N3S/c1-2-9-8-7-5(1)10-4-11-6(7)3-12-8/h1-2,4H,3H2. The average molecular weight is 175 g/mol. The van der Waals surface area contributed by atoms with Crippen molar-refractivity contribution in [2.24, 2.45) is 0 Å². The highest BCUT2D eigenvalue weighted by Gasteiger charge is 2.16. The van der Waals surface area contributed by atoms with Gasteiger partial charge in [-0.2, -0.15) is 0 Å². The Labute approximate surface area is 73.3 Å². The van der Waals surface area contributed by atoms with Crippen molar-refractivity contribution in [2.45, 2.75) is 10.8 Å². The van der Waals surface area contributed by atoms with Crippen LogP contribution in [0.5, 0.6) is 0 Å². The molecular formula is C8H5N3S. The van der Waals surface area contributed by atoms with E-state index in [1.807, 2.05) is 6.07 Å². The van der Waals surface area contributed by atoms with E-state index in [1.165, 1.54) is 0 Å². The van der Waals surface area contributed by atoms with Crippen molar-refractivity contribution in [2.75, 3.05) is 0 Å². The monoisotopic (exact) mass is 175 g/mol. The van der Waals surface area contributed by atoms with E-state index in [0.717, 1.165) is 27.4 Å². The normalized spacial score (nSPS) is 14.0. The minimum absolute atomic E-state index is 0.936. The van der Waals surface area contributed by atoms with Crippen molar-refractivity contribution in [1.82, 2.24) is 15.0 Å². The van der Waals surface area contributed by atoms with Gasteiger partial charge in [0.15, 0.2) is 0 Å². The quantitative estimate of drug-likeness (QED) is 0.610. The van der Waals surface area contributed by atoms with Crippen molar-refractivity contribution in [3.8, 4) is 0 Å². The number of nitrogens with zero attached hydrogens (tertiary/aromatic N) is 3. The van der Waals surface area contributed by atoms with Gasteiger partial charge in [-0.05, 0) is 6.07 Å². The van der Waals surface area contributed by atoms with E-state index in [1.54, 1.807) is 24.3 Å². The first kappa shape index (κ1) is 6.37. The van der Waals surface area contributed by atoms with Gasteiger partial charge in [-0.1, -0.05) is 11.8 Å². The van der Waals surface area contributed by atoms with Gasteiger partial charge in [0.1, 0.15) is 11.4 Å². The molecule has 0 N–H and O–H groups in total. The van der Waals surface area contributed by atoms with E-state index in [2.05, 4.69) is 15.0 Å². The molecule has 0 saturated carbocycles. The van der Waals surface area contributed by atoms with Crippen LogP contribution in [0.3, 0.4) is 0 Å². The van der Waals surface area contributed by atoms with Crippen LogP contribution in [0.1, 0.15) is 5.69 Å². The predicted molar refractivity (Wildman–Crippen MR) is 46.9 cm³/mol. The topological polar surface area (TPSA) is 38.7 Å². The molecule has 58 valence electrons. The third-order valence-corrected chi connectivity index (χ3v) is 2.94. The molecule has 3 heterocycles. The molecule has 0 spiro atoms. The first-order valence-corrected chi connectivity index (χ1v) is 4.65. The molecule has 0 saturated heterocycles. The lowest BCUT2D eigenvalue weighted by Gasteiger charge is -1.95. The van der Waals surface area contributed by atoms with Crippen molar-refractivity contribution in [1.29, 1.82) is 0 Å². The van der Waals surface area contributed by atoms with Crippen molar-refractivity contribution in [3.05, 3.63) is 24.3 Å². The second kappa shape index (κ2) is 2.17. The number of pyridine rings is 1. The Balaban J connectivity index is 2.58. The zero-order valence-corrected chi connectivity index (χ0v) is 7.01. The predicted octanol–water partition coefficient (Wildman–Crippen LogP) is 1.63. The summed E-state index contributed by atoms with van der Waals surface area (Å²) in [7, 11) is 0. The van der Waals surface area contributed by atoms with E-state index < -0.39 is 0 Å². The van der Waals surface area contributed by atoms with E-state index in [0.29, 0.717) is 0 Å². The summed E-state index contributed by atoms with van der Waals surface area (Å²) in [6.45, 7) is 0. The molecule has 3 nitrogen and oxygen atoms in total. The number of thioether (sulfide) groups is 1. The molecular weight excluding hydrogens is 170 g/mol. The van der Waals surface area contributed by atoms with Gasteiger partial charge >= 0.3 is 0 Å². The molecule has 3 rings (SSSR count). The molecule has 0 bridgehead atoms. The number of rotatable bonds is 0. The maximum Gasteiger partial charge on any atom is 0.116 e. The van der Waals surface area contributed by atoms with Gasteiger partial charge in [0.2, 0.25) is 0 Å². The Morgan fingerprint density at radius 2 is 2.25 bits per heavy atom. The van der Waals surface area contributed by atoms with Crippen LogP contribution in [-0.2, 0) is 5.75 Å². The summed E-state index contributed by atoms with van der Waals surface area (Å²) >= 11 is 1.73. The van der Waals surface area contributed by atoms with E-state index in [-0.39, 0.29) is 0 Å². The summed E-state index contributed by atoms with van der Waals surface area (Å²) in [5, 5.41) is 2.22. The van der Waals surface area contributed by atoms with E-state index >= 15 is 0 Å². The lowest BCUT2D eigenvalue weighted by Crippen LogP contribution is -1.87. The van der Waals surface area contributed by atoms with Crippen LogP contribution < -0.4 is 0 Å². The van der Waals surface area contributed by atoms with E-state index in [9.17, 15) is 0 Å². The van der Waals surface area contributed by atoms with Crippen molar-refractivity contribution < 1.29 is 0 Å². The van der Waals surface area contributed by atoms with Crippen LogP contribution in [0.2, 0.25) is 0 Å². The zero-order chi connectivity index (χ0) is 7.97. The molecule has 12 heavy (non-hydrogen) atoms. The molecule has 0 unspecified atom stereocenters. The molecule has 0 atom stereocenters. The highest BCUT2D eigenvalue weighted by molar-refractivity contribution is 7.99. The van der Waals surface area contributed by atoms with Gasteiger partial charge in [-0.3, -0.25) is 0 Å². The lowest BCUT2D eigenvalue weighted by atomic mass is 10.2. The largest absolute Gasteiger partial charge is 0.249 e. The molecule has 2 aromatic heterocycles. The summed E-state index contributed by atoms with van der Waals surface area (Å²) in [5.74, 6) is 0.936. The minimum Gasteiger partial charge on any atom is -0.249 e. The second-order valence-corrected chi connectivity index (χ2v) is 3.58. The molecule has 2 aromatic rings. The lowest BCUT2D eigenvalue weighted by molar-refractivity contribution is 1.12. The second-order valence-electron chi connectivity index (χ2n) is 2.62. The van der Waals surface area contributed by atoms with Crippen LogP contribution in [0.4, 0.5) is 0 Å². The molecule has 0 amide bonds. The molecule has 1 aliphatic heterocycles. The average Bonchev–Trinajstić information content (AvgIpc) is 2.52. The SMILES string of the molecule is c1cc2ncnc3c2c(n1)SC3. The third-order valence-electron chi connectivity index (χ3n) is 1.94. The highest BCUT2D eigenvalue weighted by Crippen LogP contribution is 2.36. The minimum atomic E-state index is 0.936. The Morgan fingerprint density at radius 3 is 3.25 bits per heavy atom. The Hall–Kier alpha value is -1.16. The fourth-order valence-electron chi connectivity index (χ4n) is 1.39. The van der Waals surface area contributed by atoms with Crippen LogP contribution in [-0.4, -0.2) is 15.0 Å². The first-order valence-electron chi connectivity index (χ1n) is 3.66. The van der Waals surface area contributed by atoms with Gasteiger partial charge in [-0.25, -0.2) is 15.0 Å². The van der Waals surface area contributed by atoms with Crippen LogP contribution >= 0.6 is 11.8 Å². The van der Waals surface area contributed by atoms with Crippen LogP contribution in [0.15, 0.2) is 23.6 Å². The van der Waals surface area contributed by atoms with Gasteiger partial charge in [0.25, 0.3) is 0 Å². The number of hydrogen-bond acceptors (Lipinski definition) is 4. The smallest absolute Gasteiger partial charge is 0.116 e. The zero-order valence-electron chi connectivity index (χ0n) is 6.19. The summed E-state index contributed by atoms with van der Waals surface area (Å²) < 4.78 is 0. The van der Waals surface area contributed by atoms with Gasteiger partial charge in [0, 0.05) is 11.9 Å². The van der Waals surface area contributed by atoms with Gasteiger partial charge < -0.3 is 0 Å². The van der Waals surface area contributed by atoms with Crippen molar-refractivity contribution in [3.63, 3.8) is 0 Å². The summed E-state index contributed by atoms with van der Waals surface area (Å²) in [4.78, 5) is 12.6. The maximum absolute atomic E-state index is 4.26. The Morgan fingerprint density at radius 1 is 1.25 bits per heavy atom. The maximum atomic E-state index is 4.26. The molecule has 0 aromatic carbocycles. The summed E-state index contributed by atoms with van der Waals surface area (Å²) in [5.41, 5.74) is 2.13. The van der Waals surface area contributed by atoms with Gasteiger partial charge in [-0.15, -0.1) is 0 Å². The highest BCUT2D eigenvalue weighted by atomic mass is 32.2. The molecule has 4 heteroatoms. The number of aromatic nitrogens is 3. The third kappa shape index (κ3) is 0.701. The fourth-order valence-corrected chi connectivity index (χ4v) is 2.39. The Kier molecular flexibility index (Phi) is 1.15. The molecule has 0 fully saturated rings. The fraction of sp³-hybridized carbons (Fsp3) is 0.125. The van der Waals surface area contributed by atoms with Crippen LogP contribution in [0, 0.1) is 0 Å². The Bertz CT molecular complexity index is 416. The van der Waals surface area contributed by atoms with Crippen molar-refractivity contribution >= 4 is 22.7 Å². The van der Waals surface area contributed by atoms with E-state index in [4.69, 9.17) is 0 Å². The molecule has 0 aliphatic carbocycles.